The molecule has 2 rings (SSSR count). The number of hydrogen-bond donors (Lipinski definition) is 0. The standard InChI is InChI=1S/C9H16O6/c1-10-5-4-13-7-6(5)14-8(11-2)9(12-3)15-7/h5-9H,4H2,1-3H3. The molecule has 0 aromatic carbocycles. The Labute approximate surface area is 88.3 Å². The quantitative estimate of drug-likeness (QED) is 0.652. The lowest BCUT2D eigenvalue weighted by Crippen LogP contribution is -2.52. The molecule has 2 aliphatic rings. The van der Waals surface area contributed by atoms with Gasteiger partial charge in [-0.3, -0.25) is 0 Å². The molecule has 0 amide bonds. The van der Waals surface area contributed by atoms with Crippen molar-refractivity contribution < 1.29 is 28.4 Å². The molecule has 0 bridgehead atoms. The van der Waals surface area contributed by atoms with Crippen molar-refractivity contribution in [2.45, 2.75) is 31.1 Å². The van der Waals surface area contributed by atoms with Gasteiger partial charge in [-0.15, -0.1) is 0 Å². The average molecular weight is 220 g/mol. The number of rotatable bonds is 3. The first-order chi connectivity index (χ1) is 7.30. The van der Waals surface area contributed by atoms with Gasteiger partial charge in [0.25, 0.3) is 0 Å². The topological polar surface area (TPSA) is 55.4 Å². The molecule has 5 atom stereocenters. The minimum atomic E-state index is -0.563. The summed E-state index contributed by atoms with van der Waals surface area (Å²) in [6.45, 7) is 0.457. The molecule has 0 aromatic rings. The normalized spacial score (nSPS) is 45.4. The zero-order chi connectivity index (χ0) is 10.8. The first kappa shape index (κ1) is 11.3. The van der Waals surface area contributed by atoms with Gasteiger partial charge in [-0.1, -0.05) is 0 Å². The van der Waals surface area contributed by atoms with Crippen molar-refractivity contribution >= 4 is 0 Å². The lowest BCUT2D eigenvalue weighted by Gasteiger charge is -2.37. The van der Waals surface area contributed by atoms with E-state index in [0.29, 0.717) is 6.61 Å². The average Bonchev–Trinajstić information content (AvgIpc) is 2.68. The maximum atomic E-state index is 5.64. The lowest BCUT2D eigenvalue weighted by atomic mass is 10.2. The van der Waals surface area contributed by atoms with Crippen molar-refractivity contribution in [3.8, 4) is 0 Å². The van der Waals surface area contributed by atoms with Crippen LogP contribution in [-0.2, 0) is 28.4 Å². The van der Waals surface area contributed by atoms with Crippen LogP contribution in [0.1, 0.15) is 0 Å². The minimum absolute atomic E-state index is 0.120. The Hall–Kier alpha value is -0.240. The molecule has 6 heteroatoms. The fourth-order valence-corrected chi connectivity index (χ4v) is 1.77. The molecule has 0 radical (unpaired) electrons. The summed E-state index contributed by atoms with van der Waals surface area (Å²) in [4.78, 5) is 0. The van der Waals surface area contributed by atoms with Crippen molar-refractivity contribution in [2.24, 2.45) is 0 Å². The van der Waals surface area contributed by atoms with Crippen LogP contribution in [0.4, 0.5) is 0 Å². The largest absolute Gasteiger partial charge is 0.376 e. The Kier molecular flexibility index (Phi) is 3.55. The van der Waals surface area contributed by atoms with Gasteiger partial charge in [-0.25, -0.2) is 0 Å². The molecule has 6 nitrogen and oxygen atoms in total. The summed E-state index contributed by atoms with van der Waals surface area (Å²) in [5.74, 6) is 0. The summed E-state index contributed by atoms with van der Waals surface area (Å²) in [5.41, 5.74) is 0. The third-order valence-corrected chi connectivity index (χ3v) is 2.61. The van der Waals surface area contributed by atoms with Crippen LogP contribution in [0, 0.1) is 0 Å². The zero-order valence-electron chi connectivity index (χ0n) is 9.04. The molecule has 0 saturated carbocycles. The number of fused-ring (bicyclic) bond motifs is 1. The van der Waals surface area contributed by atoms with E-state index in [1.54, 1.807) is 7.11 Å². The molecule has 0 aromatic heterocycles. The van der Waals surface area contributed by atoms with Gasteiger partial charge in [0.2, 0.25) is 12.6 Å². The summed E-state index contributed by atoms with van der Waals surface area (Å²) < 4.78 is 31.9. The van der Waals surface area contributed by atoms with E-state index < -0.39 is 18.9 Å². The SMILES string of the molecule is COC1COC2OC(OC)C(OC)OC12. The van der Waals surface area contributed by atoms with Crippen LogP contribution < -0.4 is 0 Å². The first-order valence-corrected chi connectivity index (χ1v) is 4.81. The smallest absolute Gasteiger partial charge is 0.211 e. The molecule has 2 fully saturated rings. The van der Waals surface area contributed by atoms with Gasteiger partial charge in [-0.05, 0) is 0 Å². The van der Waals surface area contributed by atoms with Gasteiger partial charge in [0, 0.05) is 21.3 Å². The van der Waals surface area contributed by atoms with E-state index in [1.165, 1.54) is 14.2 Å². The van der Waals surface area contributed by atoms with E-state index in [9.17, 15) is 0 Å². The van der Waals surface area contributed by atoms with Crippen molar-refractivity contribution in [3.05, 3.63) is 0 Å². The zero-order valence-corrected chi connectivity index (χ0v) is 9.04. The molecule has 2 heterocycles. The van der Waals surface area contributed by atoms with Crippen LogP contribution in [-0.4, -0.2) is 59.0 Å². The maximum absolute atomic E-state index is 5.64. The second kappa shape index (κ2) is 4.73. The van der Waals surface area contributed by atoms with E-state index in [1.807, 2.05) is 0 Å². The minimum Gasteiger partial charge on any atom is -0.376 e. The molecule has 0 N–H and O–H groups in total. The Morgan fingerprint density at radius 1 is 0.933 bits per heavy atom. The molecule has 88 valence electrons. The van der Waals surface area contributed by atoms with Crippen molar-refractivity contribution in [3.63, 3.8) is 0 Å². The monoisotopic (exact) mass is 220 g/mol. The molecule has 2 aliphatic heterocycles. The fraction of sp³-hybridized carbons (Fsp3) is 1.00. The Balaban J connectivity index is 2.02. The van der Waals surface area contributed by atoms with Gasteiger partial charge in [0.15, 0.2) is 6.29 Å². The van der Waals surface area contributed by atoms with Gasteiger partial charge in [0.1, 0.15) is 12.2 Å². The molecule has 5 unspecified atom stereocenters. The summed E-state index contributed by atoms with van der Waals surface area (Å²) in [5, 5.41) is 0. The molecular formula is C9H16O6. The summed E-state index contributed by atoms with van der Waals surface area (Å²) in [7, 11) is 4.69. The highest BCUT2D eigenvalue weighted by molar-refractivity contribution is 4.84. The second-order valence-electron chi connectivity index (χ2n) is 3.42. The Morgan fingerprint density at radius 2 is 1.60 bits per heavy atom. The number of ether oxygens (including phenoxy) is 6. The highest BCUT2D eigenvalue weighted by Crippen LogP contribution is 2.30. The Bertz CT molecular complexity index is 211. The molecular weight excluding hydrogens is 204 g/mol. The number of methoxy groups -OCH3 is 3. The highest BCUT2D eigenvalue weighted by atomic mass is 16.8. The molecule has 0 spiro atoms. The van der Waals surface area contributed by atoms with E-state index in [-0.39, 0.29) is 12.2 Å². The fourth-order valence-electron chi connectivity index (χ4n) is 1.77. The predicted molar refractivity (Wildman–Crippen MR) is 48.1 cm³/mol. The summed E-state index contributed by atoms with van der Waals surface area (Å²) in [6, 6.07) is 0. The van der Waals surface area contributed by atoms with Crippen LogP contribution in [0.25, 0.3) is 0 Å². The van der Waals surface area contributed by atoms with Crippen molar-refractivity contribution in [2.75, 3.05) is 27.9 Å². The van der Waals surface area contributed by atoms with Crippen LogP contribution >= 0.6 is 0 Å². The molecule has 2 saturated heterocycles. The van der Waals surface area contributed by atoms with E-state index in [0.717, 1.165) is 0 Å². The second-order valence-corrected chi connectivity index (χ2v) is 3.42. The first-order valence-electron chi connectivity index (χ1n) is 4.81. The Morgan fingerprint density at radius 3 is 2.20 bits per heavy atom. The highest BCUT2D eigenvalue weighted by Gasteiger charge is 2.48. The van der Waals surface area contributed by atoms with Crippen LogP contribution in [0.5, 0.6) is 0 Å². The van der Waals surface area contributed by atoms with E-state index in [4.69, 9.17) is 28.4 Å². The van der Waals surface area contributed by atoms with Gasteiger partial charge >= 0.3 is 0 Å². The summed E-state index contributed by atoms with van der Waals surface area (Å²) in [6.07, 6.45) is -1.93. The van der Waals surface area contributed by atoms with E-state index >= 15 is 0 Å². The number of hydrogen-bond acceptors (Lipinski definition) is 6. The van der Waals surface area contributed by atoms with Crippen molar-refractivity contribution in [1.82, 2.24) is 0 Å². The lowest BCUT2D eigenvalue weighted by molar-refractivity contribution is -0.379. The predicted octanol–water partition coefficient (Wildman–Crippen LogP) is -0.282. The van der Waals surface area contributed by atoms with Crippen LogP contribution in [0.15, 0.2) is 0 Å². The maximum Gasteiger partial charge on any atom is 0.211 e. The van der Waals surface area contributed by atoms with Crippen LogP contribution in [0.3, 0.4) is 0 Å². The van der Waals surface area contributed by atoms with Gasteiger partial charge < -0.3 is 28.4 Å². The molecule has 15 heavy (non-hydrogen) atoms. The van der Waals surface area contributed by atoms with Gasteiger partial charge in [0.05, 0.1) is 6.61 Å². The van der Waals surface area contributed by atoms with Crippen LogP contribution in [0.2, 0.25) is 0 Å². The van der Waals surface area contributed by atoms with Gasteiger partial charge in [-0.2, -0.15) is 0 Å². The third kappa shape index (κ3) is 2.01. The molecule has 0 aliphatic carbocycles. The van der Waals surface area contributed by atoms with E-state index in [2.05, 4.69) is 0 Å². The van der Waals surface area contributed by atoms with Crippen molar-refractivity contribution in [1.29, 1.82) is 0 Å². The third-order valence-electron chi connectivity index (χ3n) is 2.61. The summed E-state index contributed by atoms with van der Waals surface area (Å²) >= 11 is 0.